The van der Waals surface area contributed by atoms with Crippen molar-refractivity contribution in [3.05, 3.63) is 28.2 Å². The normalized spacial score (nSPS) is 11.7. The highest BCUT2D eigenvalue weighted by atomic mass is 79.9. The lowest BCUT2D eigenvalue weighted by atomic mass is 10.1. The third-order valence-corrected chi connectivity index (χ3v) is 3.16. The number of likely N-dealkylation sites (N-methyl/N-ethyl adjacent to an activating group) is 1. The lowest BCUT2D eigenvalue weighted by Crippen LogP contribution is -2.38. The third-order valence-electron chi connectivity index (χ3n) is 2.54. The van der Waals surface area contributed by atoms with Crippen LogP contribution in [0.5, 0.6) is 5.75 Å². The van der Waals surface area contributed by atoms with Gasteiger partial charge in [-0.3, -0.25) is 9.69 Å². The van der Waals surface area contributed by atoms with Crippen LogP contribution in [-0.4, -0.2) is 48.6 Å². The summed E-state index contributed by atoms with van der Waals surface area (Å²) in [6.45, 7) is 4.15. The molecule has 0 aliphatic carbocycles. The monoisotopic (exact) mass is 329 g/mol. The molecule has 1 aromatic carbocycles. The summed E-state index contributed by atoms with van der Waals surface area (Å²) < 4.78 is 5.88. The van der Waals surface area contributed by atoms with Crippen LogP contribution >= 0.6 is 15.9 Å². The number of methoxy groups -OCH3 is 1. The van der Waals surface area contributed by atoms with Gasteiger partial charge in [0.25, 0.3) is 0 Å². The molecule has 5 heteroatoms. The number of rotatable bonds is 6. The van der Waals surface area contributed by atoms with E-state index in [1.807, 2.05) is 7.05 Å². The minimum Gasteiger partial charge on any atom is -0.496 e. The van der Waals surface area contributed by atoms with Crippen molar-refractivity contribution in [3.8, 4) is 5.75 Å². The number of ether oxygens (including phenoxy) is 1. The Morgan fingerprint density at radius 1 is 1.47 bits per heavy atom. The number of carbonyl (C=O) groups excluding carboxylic acids is 1. The molecule has 0 saturated carbocycles. The van der Waals surface area contributed by atoms with E-state index in [-0.39, 0.29) is 12.3 Å². The van der Waals surface area contributed by atoms with Gasteiger partial charge < -0.3 is 9.84 Å². The Labute approximate surface area is 122 Å². The molecule has 19 heavy (non-hydrogen) atoms. The average Bonchev–Trinajstić information content (AvgIpc) is 2.26. The van der Waals surface area contributed by atoms with E-state index in [4.69, 9.17) is 4.74 Å². The molecule has 106 valence electrons. The number of hydrogen-bond acceptors (Lipinski definition) is 4. The van der Waals surface area contributed by atoms with Crippen molar-refractivity contribution in [1.29, 1.82) is 0 Å². The van der Waals surface area contributed by atoms with Gasteiger partial charge in [-0.1, -0.05) is 0 Å². The second kappa shape index (κ2) is 6.50. The van der Waals surface area contributed by atoms with Crippen LogP contribution in [0.25, 0.3) is 0 Å². The van der Waals surface area contributed by atoms with Gasteiger partial charge in [-0.2, -0.15) is 0 Å². The number of carbonyl (C=O) groups is 1. The van der Waals surface area contributed by atoms with Crippen molar-refractivity contribution in [2.45, 2.75) is 19.4 Å². The number of aliphatic hydroxyl groups is 1. The van der Waals surface area contributed by atoms with E-state index >= 15 is 0 Å². The van der Waals surface area contributed by atoms with Crippen LogP contribution in [-0.2, 0) is 0 Å². The Bertz CT molecular complexity index is 454. The first-order valence-electron chi connectivity index (χ1n) is 6.00. The fourth-order valence-electron chi connectivity index (χ4n) is 1.89. The molecular formula is C14H20BrNO3. The van der Waals surface area contributed by atoms with Gasteiger partial charge in [0.2, 0.25) is 0 Å². The fourth-order valence-corrected chi connectivity index (χ4v) is 2.43. The second-order valence-electron chi connectivity index (χ2n) is 5.26. The number of benzene rings is 1. The minimum atomic E-state index is -0.810. The van der Waals surface area contributed by atoms with Crippen LogP contribution in [0.15, 0.2) is 22.7 Å². The molecule has 0 aromatic heterocycles. The van der Waals surface area contributed by atoms with Gasteiger partial charge >= 0.3 is 0 Å². The molecule has 1 rings (SSSR count). The van der Waals surface area contributed by atoms with E-state index in [2.05, 4.69) is 15.9 Å². The molecule has 0 amide bonds. The summed E-state index contributed by atoms with van der Waals surface area (Å²) in [7, 11) is 3.40. The van der Waals surface area contributed by atoms with E-state index in [9.17, 15) is 9.90 Å². The third kappa shape index (κ3) is 5.30. The summed E-state index contributed by atoms with van der Waals surface area (Å²) in [5.41, 5.74) is -0.189. The fraction of sp³-hybridized carbons (Fsp3) is 0.500. The molecule has 0 heterocycles. The maximum atomic E-state index is 12.1. The molecule has 0 atom stereocenters. The van der Waals surface area contributed by atoms with Crippen molar-refractivity contribution in [2.75, 3.05) is 27.2 Å². The molecule has 4 nitrogen and oxygen atoms in total. The first-order chi connectivity index (χ1) is 8.73. The maximum Gasteiger partial charge on any atom is 0.176 e. The molecule has 0 radical (unpaired) electrons. The molecular weight excluding hydrogens is 310 g/mol. The van der Waals surface area contributed by atoms with Crippen LogP contribution in [0.4, 0.5) is 0 Å². The molecule has 0 saturated heterocycles. The quantitative estimate of drug-likeness (QED) is 0.814. The van der Waals surface area contributed by atoms with Crippen LogP contribution in [0.1, 0.15) is 24.2 Å². The highest BCUT2D eigenvalue weighted by Crippen LogP contribution is 2.25. The molecule has 0 aliphatic rings. The molecule has 0 spiro atoms. The Morgan fingerprint density at radius 2 is 2.11 bits per heavy atom. The zero-order valence-corrected chi connectivity index (χ0v) is 13.3. The number of nitrogens with zero attached hydrogens (tertiary/aromatic N) is 1. The minimum absolute atomic E-state index is 0.00935. The molecule has 1 N–H and O–H groups in total. The summed E-state index contributed by atoms with van der Waals surface area (Å²) in [4.78, 5) is 13.9. The van der Waals surface area contributed by atoms with Gasteiger partial charge in [-0.15, -0.1) is 0 Å². The standard InChI is InChI=1S/C14H20BrNO3/c1-14(2,18)9-16(3)8-12(17)10-5-6-13(19-4)11(15)7-10/h5-7,18H,8-9H2,1-4H3. The van der Waals surface area contributed by atoms with Gasteiger partial charge in [0, 0.05) is 12.1 Å². The van der Waals surface area contributed by atoms with Gasteiger partial charge in [0.1, 0.15) is 5.75 Å². The van der Waals surface area contributed by atoms with E-state index in [0.29, 0.717) is 17.9 Å². The average molecular weight is 330 g/mol. The smallest absolute Gasteiger partial charge is 0.176 e. The topological polar surface area (TPSA) is 49.8 Å². The first-order valence-corrected chi connectivity index (χ1v) is 6.80. The number of hydrogen-bond donors (Lipinski definition) is 1. The zero-order valence-electron chi connectivity index (χ0n) is 11.7. The lowest BCUT2D eigenvalue weighted by Gasteiger charge is -2.24. The van der Waals surface area contributed by atoms with Crippen LogP contribution in [0.3, 0.4) is 0 Å². The molecule has 1 aromatic rings. The maximum absolute atomic E-state index is 12.1. The van der Waals surface area contributed by atoms with Crippen LogP contribution in [0.2, 0.25) is 0 Å². The lowest BCUT2D eigenvalue weighted by molar-refractivity contribution is 0.0439. The van der Waals surface area contributed by atoms with Gasteiger partial charge in [-0.05, 0) is 55.0 Å². The molecule has 0 unspecified atom stereocenters. The Balaban J connectivity index is 2.71. The number of ketones is 1. The van der Waals surface area contributed by atoms with E-state index in [1.54, 1.807) is 44.1 Å². The van der Waals surface area contributed by atoms with E-state index in [0.717, 1.165) is 4.47 Å². The van der Waals surface area contributed by atoms with E-state index in [1.165, 1.54) is 0 Å². The summed E-state index contributed by atoms with van der Waals surface area (Å²) in [5.74, 6) is 0.705. The number of Topliss-reactive ketones (excluding diaryl/α,β-unsaturated/α-hetero) is 1. The van der Waals surface area contributed by atoms with Gasteiger partial charge in [0.15, 0.2) is 5.78 Å². The highest BCUT2D eigenvalue weighted by molar-refractivity contribution is 9.10. The van der Waals surface area contributed by atoms with Gasteiger partial charge in [-0.25, -0.2) is 0 Å². The summed E-state index contributed by atoms with van der Waals surface area (Å²) in [6, 6.07) is 5.25. The predicted molar refractivity (Wildman–Crippen MR) is 78.8 cm³/mol. The van der Waals surface area contributed by atoms with Crippen molar-refractivity contribution >= 4 is 21.7 Å². The Kier molecular flexibility index (Phi) is 5.52. The molecule has 0 bridgehead atoms. The SMILES string of the molecule is COc1ccc(C(=O)CN(C)CC(C)(C)O)cc1Br. The van der Waals surface area contributed by atoms with E-state index < -0.39 is 5.60 Å². The van der Waals surface area contributed by atoms with Crippen LogP contribution in [0, 0.1) is 0 Å². The molecule has 0 fully saturated rings. The Morgan fingerprint density at radius 3 is 2.58 bits per heavy atom. The largest absolute Gasteiger partial charge is 0.496 e. The van der Waals surface area contributed by atoms with Crippen molar-refractivity contribution in [1.82, 2.24) is 4.90 Å². The first kappa shape index (κ1) is 16.1. The van der Waals surface area contributed by atoms with Gasteiger partial charge in [0.05, 0.1) is 23.7 Å². The van der Waals surface area contributed by atoms with Crippen molar-refractivity contribution in [2.24, 2.45) is 0 Å². The summed E-state index contributed by atoms with van der Waals surface area (Å²) in [5, 5.41) is 9.71. The van der Waals surface area contributed by atoms with Crippen molar-refractivity contribution < 1.29 is 14.6 Å². The summed E-state index contributed by atoms with van der Waals surface area (Å²) >= 11 is 3.36. The predicted octanol–water partition coefficient (Wildman–Crippen LogP) is 2.34. The number of halogens is 1. The zero-order chi connectivity index (χ0) is 14.6. The summed E-state index contributed by atoms with van der Waals surface area (Å²) in [6.07, 6.45) is 0. The molecule has 0 aliphatic heterocycles. The van der Waals surface area contributed by atoms with Crippen LogP contribution < -0.4 is 4.74 Å². The van der Waals surface area contributed by atoms with Crippen molar-refractivity contribution in [3.63, 3.8) is 0 Å². The Hall–Kier alpha value is -0.910. The highest BCUT2D eigenvalue weighted by Gasteiger charge is 2.18. The second-order valence-corrected chi connectivity index (χ2v) is 6.11.